The Morgan fingerprint density at radius 1 is 0.658 bits per heavy atom. The monoisotopic (exact) mass is 554 g/mol. The fraction of sp³-hybridized carbons (Fsp3) is 0.485. The van der Waals surface area contributed by atoms with Gasteiger partial charge in [-0.25, -0.2) is 4.98 Å². The molecule has 0 amide bonds. The van der Waals surface area contributed by atoms with Crippen LogP contribution >= 0.6 is 23.2 Å². The zero-order valence-corrected chi connectivity index (χ0v) is 24.7. The highest BCUT2D eigenvalue weighted by atomic mass is 35.5. The average Bonchev–Trinajstić information content (AvgIpc) is 2.93. The molecule has 0 bridgehead atoms. The Morgan fingerprint density at radius 2 is 1.08 bits per heavy atom. The Kier molecular flexibility index (Phi) is 13.6. The first-order valence-electron chi connectivity index (χ1n) is 14.4. The van der Waals surface area contributed by atoms with Crippen LogP contribution in [0.3, 0.4) is 0 Å². The summed E-state index contributed by atoms with van der Waals surface area (Å²) in [6.07, 6.45) is 12.0. The van der Waals surface area contributed by atoms with Gasteiger partial charge in [-0.2, -0.15) is 0 Å². The number of benzene rings is 2. The number of unbranched alkanes of at least 4 members (excludes halogenated alkanes) is 8. The van der Waals surface area contributed by atoms with E-state index in [1.165, 1.54) is 64.2 Å². The molecule has 0 aliphatic rings. The van der Waals surface area contributed by atoms with Crippen molar-refractivity contribution in [1.82, 2.24) is 9.88 Å². The molecule has 0 spiro atoms. The molecule has 206 valence electrons. The lowest BCUT2D eigenvalue weighted by atomic mass is 10.0. The van der Waals surface area contributed by atoms with Crippen LogP contribution in [0.4, 0.5) is 0 Å². The molecule has 1 aromatic heterocycles. The van der Waals surface area contributed by atoms with Gasteiger partial charge >= 0.3 is 0 Å². The molecule has 0 saturated heterocycles. The molecule has 5 heteroatoms. The average molecular weight is 556 g/mol. The molecule has 3 aromatic rings. The number of halogens is 2. The summed E-state index contributed by atoms with van der Waals surface area (Å²) in [5.74, 6) is 0. The molecule has 0 aliphatic carbocycles. The molecule has 38 heavy (non-hydrogen) atoms. The molecule has 1 unspecified atom stereocenters. The van der Waals surface area contributed by atoms with Crippen LogP contribution in [0.1, 0.15) is 89.7 Å². The minimum atomic E-state index is -0.596. The number of aliphatic hydroxyl groups excluding tert-OH is 1. The summed E-state index contributed by atoms with van der Waals surface area (Å²) in [6, 6.07) is 19.5. The Hall–Kier alpha value is -1.91. The highest BCUT2D eigenvalue weighted by Crippen LogP contribution is 2.29. The molecule has 0 saturated carbocycles. The first-order chi connectivity index (χ1) is 18.5. The lowest BCUT2D eigenvalue weighted by Gasteiger charge is -2.26. The summed E-state index contributed by atoms with van der Waals surface area (Å²) < 4.78 is 0. The summed E-state index contributed by atoms with van der Waals surface area (Å²) in [7, 11) is 0. The van der Waals surface area contributed by atoms with Crippen molar-refractivity contribution in [3.05, 3.63) is 76.3 Å². The van der Waals surface area contributed by atoms with E-state index in [4.69, 9.17) is 28.2 Å². The number of hydrogen-bond donors (Lipinski definition) is 1. The molecule has 0 fully saturated rings. The third-order valence-electron chi connectivity index (χ3n) is 7.10. The number of aromatic nitrogens is 1. The van der Waals surface area contributed by atoms with Gasteiger partial charge < -0.3 is 10.0 Å². The van der Waals surface area contributed by atoms with Crippen molar-refractivity contribution < 1.29 is 5.11 Å². The van der Waals surface area contributed by atoms with Gasteiger partial charge in [0.15, 0.2) is 0 Å². The van der Waals surface area contributed by atoms with Crippen LogP contribution in [-0.4, -0.2) is 34.6 Å². The van der Waals surface area contributed by atoms with Gasteiger partial charge in [0.2, 0.25) is 0 Å². The van der Waals surface area contributed by atoms with Crippen LogP contribution in [0.15, 0.2) is 60.7 Å². The minimum absolute atomic E-state index is 0.596. The second-order valence-electron chi connectivity index (χ2n) is 10.3. The molecule has 2 aromatic carbocycles. The Morgan fingerprint density at radius 3 is 1.50 bits per heavy atom. The van der Waals surface area contributed by atoms with E-state index in [0.717, 1.165) is 41.2 Å². The Labute approximate surface area is 240 Å². The summed E-state index contributed by atoms with van der Waals surface area (Å²) in [6.45, 7) is 7.21. The molecule has 1 N–H and O–H groups in total. The van der Waals surface area contributed by atoms with Gasteiger partial charge in [0.25, 0.3) is 0 Å². The van der Waals surface area contributed by atoms with Crippen molar-refractivity contribution in [2.24, 2.45) is 0 Å². The van der Waals surface area contributed by atoms with Gasteiger partial charge in [0.05, 0.1) is 17.5 Å². The minimum Gasteiger partial charge on any atom is -0.387 e. The smallest absolute Gasteiger partial charge is 0.0918 e. The van der Waals surface area contributed by atoms with Gasteiger partial charge in [0, 0.05) is 27.7 Å². The van der Waals surface area contributed by atoms with Crippen LogP contribution < -0.4 is 0 Å². The van der Waals surface area contributed by atoms with Gasteiger partial charge in [-0.15, -0.1) is 0 Å². The van der Waals surface area contributed by atoms with Crippen molar-refractivity contribution >= 4 is 23.2 Å². The molecule has 0 radical (unpaired) electrons. The number of aliphatic hydroxyl groups is 1. The largest absolute Gasteiger partial charge is 0.387 e. The second kappa shape index (κ2) is 16.9. The van der Waals surface area contributed by atoms with E-state index in [1.807, 2.05) is 60.7 Å². The van der Waals surface area contributed by atoms with Crippen molar-refractivity contribution in [1.29, 1.82) is 0 Å². The fourth-order valence-corrected chi connectivity index (χ4v) is 5.06. The van der Waals surface area contributed by atoms with Crippen LogP contribution in [0, 0.1) is 0 Å². The van der Waals surface area contributed by atoms with Crippen LogP contribution in [0.25, 0.3) is 22.5 Å². The zero-order chi connectivity index (χ0) is 27.2. The topological polar surface area (TPSA) is 36.4 Å². The fourth-order valence-electron chi connectivity index (χ4n) is 4.80. The summed E-state index contributed by atoms with van der Waals surface area (Å²) >= 11 is 12.3. The Bertz CT molecular complexity index is 992. The third-order valence-corrected chi connectivity index (χ3v) is 7.60. The molecular formula is C33H44Cl2N2O. The van der Waals surface area contributed by atoms with E-state index in [-0.39, 0.29) is 0 Å². The maximum absolute atomic E-state index is 11.5. The highest BCUT2D eigenvalue weighted by molar-refractivity contribution is 6.30. The number of pyridine rings is 1. The predicted octanol–water partition coefficient (Wildman–Crippen LogP) is 10.00. The number of hydrogen-bond acceptors (Lipinski definition) is 3. The van der Waals surface area contributed by atoms with Gasteiger partial charge in [-0.3, -0.25) is 0 Å². The molecule has 1 atom stereocenters. The molecule has 3 rings (SSSR count). The number of rotatable bonds is 17. The zero-order valence-electron chi connectivity index (χ0n) is 23.1. The molecule has 1 heterocycles. The quantitative estimate of drug-likeness (QED) is 0.168. The van der Waals surface area contributed by atoms with Crippen molar-refractivity contribution in [2.75, 3.05) is 19.6 Å². The predicted molar refractivity (Wildman–Crippen MR) is 164 cm³/mol. The van der Waals surface area contributed by atoms with Gasteiger partial charge in [-0.05, 0) is 67.9 Å². The van der Waals surface area contributed by atoms with Crippen molar-refractivity contribution in [2.45, 2.75) is 84.2 Å². The summed E-state index contributed by atoms with van der Waals surface area (Å²) in [5.41, 5.74) is 4.49. The van der Waals surface area contributed by atoms with Crippen LogP contribution in [0.5, 0.6) is 0 Å². The first-order valence-corrected chi connectivity index (χ1v) is 15.2. The second-order valence-corrected chi connectivity index (χ2v) is 11.2. The van der Waals surface area contributed by atoms with E-state index in [2.05, 4.69) is 18.7 Å². The lowest BCUT2D eigenvalue weighted by molar-refractivity contribution is 0.110. The maximum atomic E-state index is 11.5. The van der Waals surface area contributed by atoms with E-state index >= 15 is 0 Å². The van der Waals surface area contributed by atoms with Gasteiger partial charge in [-0.1, -0.05) is 113 Å². The summed E-state index contributed by atoms with van der Waals surface area (Å²) in [4.78, 5) is 7.41. The Balaban J connectivity index is 1.81. The van der Waals surface area contributed by atoms with E-state index in [1.54, 1.807) is 0 Å². The lowest BCUT2D eigenvalue weighted by Crippen LogP contribution is -2.31. The van der Waals surface area contributed by atoms with E-state index in [0.29, 0.717) is 16.6 Å². The first kappa shape index (κ1) is 30.6. The van der Waals surface area contributed by atoms with Crippen molar-refractivity contribution in [3.63, 3.8) is 0 Å². The molecular weight excluding hydrogens is 511 g/mol. The maximum Gasteiger partial charge on any atom is 0.0918 e. The SMILES string of the molecule is CCCCCCCN(CCCCCCC)CC(O)c1cc(-c2ccc(Cl)cc2)nc(-c2ccc(Cl)cc2)c1. The normalized spacial score (nSPS) is 12.3. The van der Waals surface area contributed by atoms with Gasteiger partial charge in [0.1, 0.15) is 0 Å². The standard InChI is InChI=1S/C33H44Cl2N2O/c1-3-5-7-9-11-21-37(22-12-10-8-6-4-2)25-33(38)28-23-31(26-13-17-29(34)18-14-26)36-32(24-28)27-15-19-30(35)20-16-27/h13-20,23-24,33,38H,3-12,21-22,25H2,1-2H3. The molecule has 0 aliphatic heterocycles. The van der Waals surface area contributed by atoms with Crippen LogP contribution in [0.2, 0.25) is 10.0 Å². The van der Waals surface area contributed by atoms with E-state index in [9.17, 15) is 5.11 Å². The number of nitrogens with zero attached hydrogens (tertiary/aromatic N) is 2. The van der Waals surface area contributed by atoms with E-state index < -0.39 is 6.10 Å². The highest BCUT2D eigenvalue weighted by Gasteiger charge is 2.17. The summed E-state index contributed by atoms with van der Waals surface area (Å²) in [5, 5.41) is 12.9. The van der Waals surface area contributed by atoms with Crippen LogP contribution in [-0.2, 0) is 0 Å². The molecule has 3 nitrogen and oxygen atoms in total. The third kappa shape index (κ3) is 10.3. The van der Waals surface area contributed by atoms with Crippen molar-refractivity contribution in [3.8, 4) is 22.5 Å².